The summed E-state index contributed by atoms with van der Waals surface area (Å²) in [5.74, 6) is 0. The van der Waals surface area contributed by atoms with Crippen molar-refractivity contribution in [3.05, 3.63) is 35.4 Å². The molecule has 0 aliphatic heterocycles. The number of nitrogens with one attached hydrogen (secondary N) is 2. The molecule has 0 atom stereocenters. The molecule has 0 spiro atoms. The SMILES string of the molecule is CCNc1cccc2c1C(NC)=CCC2. The van der Waals surface area contributed by atoms with E-state index in [1.54, 1.807) is 0 Å². The molecule has 80 valence electrons. The zero-order valence-electron chi connectivity index (χ0n) is 9.43. The highest BCUT2D eigenvalue weighted by atomic mass is 14.9. The molecule has 2 nitrogen and oxygen atoms in total. The van der Waals surface area contributed by atoms with E-state index < -0.39 is 0 Å². The fourth-order valence-electron chi connectivity index (χ4n) is 2.17. The van der Waals surface area contributed by atoms with Crippen molar-refractivity contribution in [3.8, 4) is 0 Å². The highest BCUT2D eigenvalue weighted by Gasteiger charge is 2.14. The van der Waals surface area contributed by atoms with Gasteiger partial charge >= 0.3 is 0 Å². The lowest BCUT2D eigenvalue weighted by atomic mass is 9.93. The maximum atomic E-state index is 3.42. The third-order valence-corrected chi connectivity index (χ3v) is 2.82. The van der Waals surface area contributed by atoms with Crippen molar-refractivity contribution in [1.29, 1.82) is 0 Å². The average Bonchev–Trinajstić information content (AvgIpc) is 2.29. The second-order valence-corrected chi connectivity index (χ2v) is 3.78. The standard InChI is InChI=1S/C13H18N2/c1-3-15-12-9-5-7-10-6-4-8-11(14-2)13(10)12/h5,7-9,14-15H,3-4,6H2,1-2H3. The van der Waals surface area contributed by atoms with Crippen LogP contribution in [0.15, 0.2) is 24.3 Å². The molecule has 15 heavy (non-hydrogen) atoms. The Labute approximate surface area is 91.4 Å². The summed E-state index contributed by atoms with van der Waals surface area (Å²) >= 11 is 0. The van der Waals surface area contributed by atoms with Crippen molar-refractivity contribution in [2.75, 3.05) is 18.9 Å². The van der Waals surface area contributed by atoms with Gasteiger partial charge in [0.2, 0.25) is 0 Å². The Morgan fingerprint density at radius 2 is 2.20 bits per heavy atom. The molecule has 0 radical (unpaired) electrons. The number of hydrogen-bond acceptors (Lipinski definition) is 2. The molecular weight excluding hydrogens is 184 g/mol. The molecule has 2 rings (SSSR count). The summed E-state index contributed by atoms with van der Waals surface area (Å²) in [6, 6.07) is 6.51. The molecule has 0 bridgehead atoms. The van der Waals surface area contributed by atoms with Crippen LogP contribution in [0, 0.1) is 0 Å². The maximum Gasteiger partial charge on any atom is 0.0437 e. The third-order valence-electron chi connectivity index (χ3n) is 2.82. The lowest BCUT2D eigenvalue weighted by Gasteiger charge is -2.21. The molecule has 1 aliphatic rings. The summed E-state index contributed by atoms with van der Waals surface area (Å²) in [7, 11) is 1.99. The number of allylic oxidation sites excluding steroid dienone is 1. The molecule has 1 aromatic carbocycles. The molecule has 0 saturated carbocycles. The molecule has 1 aliphatic carbocycles. The number of aryl methyl sites for hydroxylation is 1. The van der Waals surface area contributed by atoms with Gasteiger partial charge in [-0.1, -0.05) is 18.2 Å². The van der Waals surface area contributed by atoms with Crippen LogP contribution in [-0.4, -0.2) is 13.6 Å². The Hall–Kier alpha value is -1.44. The molecular formula is C13H18N2. The lowest BCUT2D eigenvalue weighted by Crippen LogP contribution is -2.13. The van der Waals surface area contributed by atoms with Gasteiger partial charge in [0.25, 0.3) is 0 Å². The predicted molar refractivity (Wildman–Crippen MR) is 66.0 cm³/mol. The van der Waals surface area contributed by atoms with E-state index in [0.717, 1.165) is 19.4 Å². The predicted octanol–water partition coefficient (Wildman–Crippen LogP) is 2.62. The van der Waals surface area contributed by atoms with Crippen molar-refractivity contribution < 1.29 is 0 Å². The molecule has 0 aromatic heterocycles. The minimum absolute atomic E-state index is 0.966. The second-order valence-electron chi connectivity index (χ2n) is 3.78. The van der Waals surface area contributed by atoms with Crippen LogP contribution < -0.4 is 10.6 Å². The number of anilines is 1. The smallest absolute Gasteiger partial charge is 0.0437 e. The van der Waals surface area contributed by atoms with Crippen LogP contribution in [0.5, 0.6) is 0 Å². The van der Waals surface area contributed by atoms with Gasteiger partial charge in [0.1, 0.15) is 0 Å². The normalized spacial score (nSPS) is 14.1. The van der Waals surface area contributed by atoms with Gasteiger partial charge in [-0.3, -0.25) is 0 Å². The largest absolute Gasteiger partial charge is 0.388 e. The van der Waals surface area contributed by atoms with Gasteiger partial charge < -0.3 is 10.6 Å². The van der Waals surface area contributed by atoms with Crippen molar-refractivity contribution in [3.63, 3.8) is 0 Å². The van der Waals surface area contributed by atoms with E-state index in [-0.39, 0.29) is 0 Å². The van der Waals surface area contributed by atoms with E-state index in [1.165, 1.54) is 22.5 Å². The molecule has 0 saturated heterocycles. The van der Waals surface area contributed by atoms with Crippen molar-refractivity contribution in [2.24, 2.45) is 0 Å². The quantitative estimate of drug-likeness (QED) is 0.787. The zero-order valence-corrected chi connectivity index (χ0v) is 9.43. The van der Waals surface area contributed by atoms with Crippen LogP contribution in [0.4, 0.5) is 5.69 Å². The Bertz CT molecular complexity index is 380. The molecule has 0 heterocycles. The molecule has 2 N–H and O–H groups in total. The highest BCUT2D eigenvalue weighted by molar-refractivity contribution is 5.79. The Balaban J connectivity index is 2.47. The second kappa shape index (κ2) is 4.39. The van der Waals surface area contributed by atoms with Crippen LogP contribution in [0.3, 0.4) is 0 Å². The lowest BCUT2D eigenvalue weighted by molar-refractivity contribution is 0.946. The van der Waals surface area contributed by atoms with Gasteiger partial charge in [0.05, 0.1) is 0 Å². The fraction of sp³-hybridized carbons (Fsp3) is 0.385. The Kier molecular flexibility index (Phi) is 2.95. The van der Waals surface area contributed by atoms with E-state index in [0.29, 0.717) is 0 Å². The van der Waals surface area contributed by atoms with E-state index in [4.69, 9.17) is 0 Å². The van der Waals surface area contributed by atoms with Gasteiger partial charge in [-0.2, -0.15) is 0 Å². The summed E-state index contributed by atoms with van der Waals surface area (Å²) in [6.07, 6.45) is 4.57. The monoisotopic (exact) mass is 202 g/mol. The number of fused-ring (bicyclic) bond motifs is 1. The first-order chi connectivity index (χ1) is 7.36. The summed E-state index contributed by atoms with van der Waals surface area (Å²) in [6.45, 7) is 3.10. The van der Waals surface area contributed by atoms with Crippen LogP contribution in [0.25, 0.3) is 5.70 Å². The van der Waals surface area contributed by atoms with Crippen molar-refractivity contribution >= 4 is 11.4 Å². The van der Waals surface area contributed by atoms with E-state index in [2.05, 4.69) is 41.8 Å². The van der Waals surface area contributed by atoms with Gasteiger partial charge in [-0.25, -0.2) is 0 Å². The first kappa shape index (κ1) is 10.1. The molecule has 2 heteroatoms. The van der Waals surface area contributed by atoms with Crippen LogP contribution in [0.1, 0.15) is 24.5 Å². The maximum absolute atomic E-state index is 3.42. The zero-order chi connectivity index (χ0) is 10.7. The first-order valence-electron chi connectivity index (χ1n) is 5.61. The highest BCUT2D eigenvalue weighted by Crippen LogP contribution is 2.30. The van der Waals surface area contributed by atoms with Gasteiger partial charge in [0, 0.05) is 30.5 Å². The third kappa shape index (κ3) is 1.84. The summed E-state index contributed by atoms with van der Waals surface area (Å²) in [5, 5.41) is 6.70. The average molecular weight is 202 g/mol. The number of benzene rings is 1. The van der Waals surface area contributed by atoms with Crippen molar-refractivity contribution in [1.82, 2.24) is 5.32 Å². The summed E-state index contributed by atoms with van der Waals surface area (Å²) in [4.78, 5) is 0. The molecule has 0 amide bonds. The number of hydrogen-bond donors (Lipinski definition) is 2. The summed E-state index contributed by atoms with van der Waals surface area (Å²) in [5.41, 5.74) is 5.30. The fourth-order valence-corrected chi connectivity index (χ4v) is 2.17. The summed E-state index contributed by atoms with van der Waals surface area (Å²) < 4.78 is 0. The molecule has 1 aromatic rings. The van der Waals surface area contributed by atoms with Gasteiger partial charge in [-0.15, -0.1) is 0 Å². The van der Waals surface area contributed by atoms with Crippen LogP contribution in [0.2, 0.25) is 0 Å². The van der Waals surface area contributed by atoms with E-state index >= 15 is 0 Å². The number of rotatable bonds is 3. The minimum Gasteiger partial charge on any atom is -0.388 e. The van der Waals surface area contributed by atoms with Gasteiger partial charge in [-0.05, 0) is 31.4 Å². The topological polar surface area (TPSA) is 24.1 Å². The van der Waals surface area contributed by atoms with Crippen LogP contribution >= 0.6 is 0 Å². The Morgan fingerprint density at radius 3 is 2.93 bits per heavy atom. The van der Waals surface area contributed by atoms with Gasteiger partial charge in [0.15, 0.2) is 0 Å². The van der Waals surface area contributed by atoms with Crippen LogP contribution in [-0.2, 0) is 6.42 Å². The first-order valence-corrected chi connectivity index (χ1v) is 5.61. The van der Waals surface area contributed by atoms with Crippen molar-refractivity contribution in [2.45, 2.75) is 19.8 Å². The van der Waals surface area contributed by atoms with E-state index in [9.17, 15) is 0 Å². The Morgan fingerprint density at radius 1 is 1.33 bits per heavy atom. The molecule has 0 fully saturated rings. The van der Waals surface area contributed by atoms with E-state index in [1.807, 2.05) is 7.05 Å². The molecule has 0 unspecified atom stereocenters. The minimum atomic E-state index is 0.966.